The van der Waals surface area contributed by atoms with E-state index in [1.165, 1.54) is 12.1 Å². The Morgan fingerprint density at radius 2 is 1.88 bits per heavy atom. The van der Waals surface area contributed by atoms with Crippen molar-refractivity contribution in [3.05, 3.63) is 47.0 Å². The van der Waals surface area contributed by atoms with Crippen LogP contribution in [-0.2, 0) is 19.3 Å². The summed E-state index contributed by atoms with van der Waals surface area (Å²) >= 11 is 5.98. The molecule has 0 amide bonds. The minimum atomic E-state index is -4.34. The Kier molecular flexibility index (Phi) is 4.80. The number of benzene rings is 1. The summed E-state index contributed by atoms with van der Waals surface area (Å²) < 4.78 is 39.7. The second kappa shape index (κ2) is 6.87. The van der Waals surface area contributed by atoms with Gasteiger partial charge in [-0.05, 0) is 35.7 Å². The summed E-state index contributed by atoms with van der Waals surface area (Å²) in [7, 11) is 0. The Morgan fingerprint density at radius 1 is 1.16 bits per heavy atom. The summed E-state index contributed by atoms with van der Waals surface area (Å²) in [5.74, 6) is 0.449. The fraction of sp³-hybridized carbons (Fsp3) is 0.312. The van der Waals surface area contributed by atoms with Crippen molar-refractivity contribution in [1.82, 2.24) is 19.5 Å². The number of hydrogen-bond acceptors (Lipinski definition) is 4. The van der Waals surface area contributed by atoms with E-state index in [0.29, 0.717) is 29.1 Å². The Morgan fingerprint density at radius 3 is 2.52 bits per heavy atom. The molecule has 0 radical (unpaired) electrons. The molecule has 132 valence electrons. The molecule has 3 aromatic rings. The lowest BCUT2D eigenvalue weighted by atomic mass is 10.1. The van der Waals surface area contributed by atoms with E-state index >= 15 is 0 Å². The molecule has 2 aromatic heterocycles. The average molecular weight is 370 g/mol. The highest BCUT2D eigenvalue weighted by molar-refractivity contribution is 6.28. The first-order valence-electron chi connectivity index (χ1n) is 7.67. The number of nitrogens with one attached hydrogen (secondary N) is 1. The van der Waals surface area contributed by atoms with Gasteiger partial charge in [-0.2, -0.15) is 23.1 Å². The van der Waals surface area contributed by atoms with Gasteiger partial charge in [0.1, 0.15) is 0 Å². The Labute approximate surface area is 146 Å². The molecule has 0 aliphatic rings. The molecule has 3 rings (SSSR count). The second-order valence-electron chi connectivity index (χ2n) is 5.50. The van der Waals surface area contributed by atoms with Crippen LogP contribution >= 0.6 is 11.6 Å². The number of alkyl halides is 3. The van der Waals surface area contributed by atoms with Gasteiger partial charge in [0.2, 0.25) is 5.28 Å². The quantitative estimate of drug-likeness (QED) is 0.672. The van der Waals surface area contributed by atoms with Crippen molar-refractivity contribution < 1.29 is 13.2 Å². The summed E-state index contributed by atoms with van der Waals surface area (Å²) in [6.07, 6.45) is -1.76. The van der Waals surface area contributed by atoms with Crippen LogP contribution in [0.25, 0.3) is 11.2 Å². The number of aromatic nitrogens is 4. The van der Waals surface area contributed by atoms with E-state index in [9.17, 15) is 13.2 Å². The number of anilines is 1. The molecule has 0 bridgehead atoms. The number of halogens is 4. The van der Waals surface area contributed by atoms with Crippen molar-refractivity contribution >= 4 is 28.6 Å². The number of imidazole rings is 1. The third kappa shape index (κ3) is 3.84. The summed E-state index contributed by atoms with van der Waals surface area (Å²) in [5.41, 5.74) is 1.20. The molecule has 5 nitrogen and oxygen atoms in total. The van der Waals surface area contributed by atoms with Crippen LogP contribution in [0.5, 0.6) is 0 Å². The first-order chi connectivity index (χ1) is 11.9. The molecule has 25 heavy (non-hydrogen) atoms. The lowest BCUT2D eigenvalue weighted by Crippen LogP contribution is -2.07. The molecule has 0 aliphatic carbocycles. The molecule has 0 saturated carbocycles. The Hall–Kier alpha value is -2.35. The van der Waals surface area contributed by atoms with Crippen molar-refractivity contribution in [3.8, 4) is 0 Å². The Bertz CT molecular complexity index is 874. The zero-order chi connectivity index (χ0) is 18.0. The molecule has 0 unspecified atom stereocenters. The van der Waals surface area contributed by atoms with E-state index in [0.717, 1.165) is 25.1 Å². The normalized spacial score (nSPS) is 11.9. The van der Waals surface area contributed by atoms with Gasteiger partial charge in [-0.3, -0.25) is 0 Å². The molecule has 1 aromatic carbocycles. The highest BCUT2D eigenvalue weighted by Crippen LogP contribution is 2.29. The van der Waals surface area contributed by atoms with Crippen molar-refractivity contribution in [2.24, 2.45) is 0 Å². The number of nitrogens with zero attached hydrogens (tertiary/aromatic N) is 4. The van der Waals surface area contributed by atoms with E-state index in [2.05, 4.69) is 20.3 Å². The largest absolute Gasteiger partial charge is 0.416 e. The number of hydrogen-bond donors (Lipinski definition) is 1. The first kappa shape index (κ1) is 17.5. The molecular formula is C16H15ClF3N5. The maximum absolute atomic E-state index is 12.6. The standard InChI is InChI=1S/C16H15ClF3N5/c1-2-7-25-9-22-12-13(23-15(17)24-14(12)25)21-8-10-3-5-11(6-4-10)16(18,19)20/h3-6,9H,2,7-8H2,1H3,(H,21,23,24). The summed E-state index contributed by atoms with van der Waals surface area (Å²) in [6.45, 7) is 3.09. The topological polar surface area (TPSA) is 55.6 Å². The van der Waals surface area contributed by atoms with Gasteiger partial charge in [-0.15, -0.1) is 0 Å². The highest BCUT2D eigenvalue weighted by atomic mass is 35.5. The van der Waals surface area contributed by atoms with Gasteiger partial charge < -0.3 is 9.88 Å². The third-order valence-corrected chi connectivity index (χ3v) is 3.81. The molecule has 2 heterocycles. The van der Waals surface area contributed by atoms with Crippen molar-refractivity contribution in [3.63, 3.8) is 0 Å². The van der Waals surface area contributed by atoms with Crippen LogP contribution in [0.1, 0.15) is 24.5 Å². The molecule has 0 fully saturated rings. The van der Waals surface area contributed by atoms with E-state index in [-0.39, 0.29) is 5.28 Å². The lowest BCUT2D eigenvalue weighted by Gasteiger charge is -2.09. The van der Waals surface area contributed by atoms with Gasteiger partial charge >= 0.3 is 6.18 Å². The van der Waals surface area contributed by atoms with Crippen LogP contribution in [0.4, 0.5) is 19.0 Å². The van der Waals surface area contributed by atoms with Crippen molar-refractivity contribution in [2.75, 3.05) is 5.32 Å². The third-order valence-electron chi connectivity index (χ3n) is 3.64. The van der Waals surface area contributed by atoms with Crippen LogP contribution in [0.15, 0.2) is 30.6 Å². The zero-order valence-electron chi connectivity index (χ0n) is 13.3. The van der Waals surface area contributed by atoms with Crippen LogP contribution in [0.2, 0.25) is 5.28 Å². The van der Waals surface area contributed by atoms with E-state index in [1.54, 1.807) is 6.33 Å². The predicted molar refractivity (Wildman–Crippen MR) is 89.4 cm³/mol. The smallest absolute Gasteiger partial charge is 0.364 e. The Balaban J connectivity index is 1.81. The van der Waals surface area contributed by atoms with Gasteiger partial charge in [0.05, 0.1) is 11.9 Å². The maximum Gasteiger partial charge on any atom is 0.416 e. The number of fused-ring (bicyclic) bond motifs is 1. The van der Waals surface area contributed by atoms with Crippen LogP contribution in [0, 0.1) is 0 Å². The monoisotopic (exact) mass is 369 g/mol. The van der Waals surface area contributed by atoms with Gasteiger partial charge in [-0.1, -0.05) is 19.1 Å². The van der Waals surface area contributed by atoms with Crippen LogP contribution in [0.3, 0.4) is 0 Å². The van der Waals surface area contributed by atoms with Gasteiger partial charge in [0.15, 0.2) is 17.0 Å². The minimum Gasteiger partial charge on any atom is -0.364 e. The maximum atomic E-state index is 12.6. The molecule has 0 atom stereocenters. The number of rotatable bonds is 5. The molecule has 9 heteroatoms. The number of aryl methyl sites for hydroxylation is 1. The average Bonchev–Trinajstić information content (AvgIpc) is 2.95. The molecule has 0 aliphatic heterocycles. The molecular weight excluding hydrogens is 355 g/mol. The van der Waals surface area contributed by atoms with E-state index < -0.39 is 11.7 Å². The van der Waals surface area contributed by atoms with Gasteiger partial charge in [0.25, 0.3) is 0 Å². The molecule has 1 N–H and O–H groups in total. The SMILES string of the molecule is CCCn1cnc2c(NCc3ccc(C(F)(F)F)cc3)nc(Cl)nc21. The zero-order valence-corrected chi connectivity index (χ0v) is 14.1. The lowest BCUT2D eigenvalue weighted by molar-refractivity contribution is -0.137. The highest BCUT2D eigenvalue weighted by Gasteiger charge is 2.29. The van der Waals surface area contributed by atoms with Crippen LogP contribution < -0.4 is 5.32 Å². The van der Waals surface area contributed by atoms with Gasteiger partial charge in [0, 0.05) is 13.1 Å². The van der Waals surface area contributed by atoms with Crippen LogP contribution in [-0.4, -0.2) is 19.5 Å². The predicted octanol–water partition coefficient (Wildman–Crippen LogP) is 4.52. The fourth-order valence-corrected chi connectivity index (χ4v) is 2.61. The minimum absolute atomic E-state index is 0.0836. The van der Waals surface area contributed by atoms with E-state index in [4.69, 9.17) is 11.6 Å². The van der Waals surface area contributed by atoms with Crippen molar-refractivity contribution in [2.45, 2.75) is 32.6 Å². The second-order valence-corrected chi connectivity index (χ2v) is 5.84. The first-order valence-corrected chi connectivity index (χ1v) is 8.04. The summed E-state index contributed by atoms with van der Waals surface area (Å²) in [6, 6.07) is 4.95. The summed E-state index contributed by atoms with van der Waals surface area (Å²) in [4.78, 5) is 12.6. The van der Waals surface area contributed by atoms with Gasteiger partial charge in [-0.25, -0.2) is 4.98 Å². The molecule has 0 spiro atoms. The van der Waals surface area contributed by atoms with Crippen molar-refractivity contribution in [1.29, 1.82) is 0 Å². The van der Waals surface area contributed by atoms with E-state index in [1.807, 2.05) is 11.5 Å². The summed E-state index contributed by atoms with van der Waals surface area (Å²) in [5, 5.41) is 3.15. The fourth-order valence-electron chi connectivity index (χ4n) is 2.44. The molecule has 0 saturated heterocycles.